The van der Waals surface area contributed by atoms with Gasteiger partial charge in [-0.15, -0.1) is 0 Å². The third-order valence-corrected chi connectivity index (χ3v) is 4.89. The van der Waals surface area contributed by atoms with Gasteiger partial charge in [-0.2, -0.15) is 0 Å². The van der Waals surface area contributed by atoms with Crippen LogP contribution in [0.1, 0.15) is 45.6 Å². The summed E-state index contributed by atoms with van der Waals surface area (Å²) >= 11 is 0. The second-order valence-corrected chi connectivity index (χ2v) is 7.89. The first-order valence-corrected chi connectivity index (χ1v) is 8.68. The van der Waals surface area contributed by atoms with E-state index in [1.165, 1.54) is 24.8 Å². The van der Waals surface area contributed by atoms with E-state index in [1.807, 2.05) is 20.8 Å². The highest BCUT2D eigenvalue weighted by molar-refractivity contribution is 5.68. The first-order chi connectivity index (χ1) is 10.9. The molecular formula is C19H28N2O2. The minimum Gasteiger partial charge on any atom is -0.444 e. The number of carbonyl (C=O) groups excluding carboxylic acids is 1. The van der Waals surface area contributed by atoms with Crippen molar-refractivity contribution in [1.82, 2.24) is 10.2 Å². The molecule has 2 aliphatic rings. The van der Waals surface area contributed by atoms with Crippen molar-refractivity contribution in [2.75, 3.05) is 6.54 Å². The average molecular weight is 316 g/mol. The van der Waals surface area contributed by atoms with Crippen molar-refractivity contribution in [3.8, 4) is 0 Å². The van der Waals surface area contributed by atoms with Crippen LogP contribution in [0.25, 0.3) is 0 Å². The summed E-state index contributed by atoms with van der Waals surface area (Å²) in [6.07, 6.45) is 3.35. The van der Waals surface area contributed by atoms with Gasteiger partial charge in [0.25, 0.3) is 0 Å². The van der Waals surface area contributed by atoms with Gasteiger partial charge in [-0.1, -0.05) is 30.3 Å². The number of amides is 1. The lowest BCUT2D eigenvalue weighted by Gasteiger charge is -2.39. The second kappa shape index (κ2) is 6.52. The molecule has 4 nitrogen and oxygen atoms in total. The molecule has 0 radical (unpaired) electrons. The van der Waals surface area contributed by atoms with Gasteiger partial charge in [0.1, 0.15) is 5.60 Å². The fraction of sp³-hybridized carbons (Fsp3) is 0.632. The van der Waals surface area contributed by atoms with Gasteiger partial charge >= 0.3 is 6.09 Å². The third-order valence-electron chi connectivity index (χ3n) is 4.89. The molecule has 0 aromatic heterocycles. The van der Waals surface area contributed by atoms with Crippen LogP contribution < -0.4 is 5.32 Å². The highest BCUT2D eigenvalue weighted by Crippen LogP contribution is 2.37. The molecule has 1 aromatic carbocycles. The fourth-order valence-electron chi connectivity index (χ4n) is 3.87. The molecule has 4 heteroatoms. The van der Waals surface area contributed by atoms with Crippen LogP contribution in [0.3, 0.4) is 0 Å². The predicted octanol–water partition coefficient (Wildman–Crippen LogP) is 3.56. The minimum absolute atomic E-state index is 0.201. The molecule has 1 aliphatic heterocycles. The first-order valence-electron chi connectivity index (χ1n) is 8.68. The Labute approximate surface area is 139 Å². The van der Waals surface area contributed by atoms with Crippen LogP contribution in [-0.2, 0) is 11.3 Å². The molecule has 23 heavy (non-hydrogen) atoms. The van der Waals surface area contributed by atoms with Crippen molar-refractivity contribution in [3.63, 3.8) is 0 Å². The number of alkyl carbamates (subject to hydrolysis) is 1. The number of fused-ring (bicyclic) bond motifs is 2. The van der Waals surface area contributed by atoms with Crippen LogP contribution in [0.5, 0.6) is 0 Å². The molecular weight excluding hydrogens is 288 g/mol. The molecule has 3 atom stereocenters. The van der Waals surface area contributed by atoms with Gasteiger partial charge in [0.15, 0.2) is 0 Å². The summed E-state index contributed by atoms with van der Waals surface area (Å²) in [5.74, 6) is 0.597. The van der Waals surface area contributed by atoms with E-state index in [0.717, 1.165) is 13.1 Å². The Morgan fingerprint density at radius 1 is 1.26 bits per heavy atom. The summed E-state index contributed by atoms with van der Waals surface area (Å²) in [7, 11) is 0. The molecule has 3 rings (SSSR count). The number of benzene rings is 1. The monoisotopic (exact) mass is 316 g/mol. The van der Waals surface area contributed by atoms with Gasteiger partial charge in [0.05, 0.1) is 0 Å². The molecule has 1 saturated carbocycles. The number of nitrogens with zero attached hydrogens (tertiary/aromatic N) is 1. The van der Waals surface area contributed by atoms with E-state index in [4.69, 9.17) is 4.74 Å². The van der Waals surface area contributed by atoms with Crippen molar-refractivity contribution in [2.24, 2.45) is 5.92 Å². The number of carbonyl (C=O) groups is 1. The number of ether oxygens (including phenoxy) is 1. The van der Waals surface area contributed by atoms with Crippen LogP contribution in [-0.4, -0.2) is 35.2 Å². The highest BCUT2D eigenvalue weighted by atomic mass is 16.6. The molecule has 1 amide bonds. The zero-order valence-corrected chi connectivity index (χ0v) is 14.4. The Morgan fingerprint density at radius 3 is 2.70 bits per heavy atom. The van der Waals surface area contributed by atoms with Crippen LogP contribution in [0.4, 0.5) is 4.79 Å². The van der Waals surface area contributed by atoms with Gasteiger partial charge in [-0.3, -0.25) is 4.90 Å². The maximum Gasteiger partial charge on any atom is 0.407 e. The van der Waals surface area contributed by atoms with Gasteiger partial charge in [-0.05, 0) is 51.5 Å². The maximum atomic E-state index is 12.1. The van der Waals surface area contributed by atoms with Crippen molar-refractivity contribution >= 4 is 6.09 Å². The lowest BCUT2D eigenvalue weighted by Crippen LogP contribution is -2.53. The average Bonchev–Trinajstić information content (AvgIpc) is 2.89. The van der Waals surface area contributed by atoms with E-state index in [-0.39, 0.29) is 12.1 Å². The lowest BCUT2D eigenvalue weighted by atomic mass is 9.93. The van der Waals surface area contributed by atoms with E-state index in [0.29, 0.717) is 12.0 Å². The SMILES string of the molecule is CC(C)(C)OC(=O)N[C@H]1CN(Cc2ccccc2)[C@H]2CC[C@@H]1C2. The Morgan fingerprint density at radius 2 is 2.00 bits per heavy atom. The minimum atomic E-state index is -0.444. The smallest absolute Gasteiger partial charge is 0.407 e. The second-order valence-electron chi connectivity index (χ2n) is 7.89. The van der Waals surface area contributed by atoms with Crippen molar-refractivity contribution in [1.29, 1.82) is 0 Å². The Balaban J connectivity index is 1.62. The van der Waals surface area contributed by atoms with Crippen molar-refractivity contribution in [3.05, 3.63) is 35.9 Å². The standard InChI is InChI=1S/C19H28N2O2/c1-19(2,3)23-18(22)20-17-13-21(16-10-9-15(17)11-16)12-14-7-5-4-6-8-14/h4-8,15-17H,9-13H2,1-3H3,(H,20,22)/t15-,16+,17+/m1/s1. The maximum absolute atomic E-state index is 12.1. The molecule has 2 bridgehead atoms. The molecule has 126 valence electrons. The van der Waals surface area contributed by atoms with Gasteiger partial charge in [0.2, 0.25) is 0 Å². The summed E-state index contributed by atoms with van der Waals surface area (Å²) < 4.78 is 5.43. The molecule has 0 unspecified atom stereocenters. The normalized spacial score (nSPS) is 27.7. The zero-order chi connectivity index (χ0) is 16.4. The molecule has 1 heterocycles. The lowest BCUT2D eigenvalue weighted by molar-refractivity contribution is 0.0420. The summed E-state index contributed by atoms with van der Waals surface area (Å²) in [5, 5.41) is 3.12. The van der Waals surface area contributed by atoms with Crippen molar-refractivity contribution < 1.29 is 9.53 Å². The van der Waals surface area contributed by atoms with Crippen LogP contribution in [0.15, 0.2) is 30.3 Å². The van der Waals surface area contributed by atoms with Gasteiger partial charge in [0, 0.05) is 25.2 Å². The third kappa shape index (κ3) is 4.25. The van der Waals surface area contributed by atoms with Crippen LogP contribution in [0.2, 0.25) is 0 Å². The van der Waals surface area contributed by atoms with Crippen molar-refractivity contribution in [2.45, 2.75) is 64.3 Å². The Kier molecular flexibility index (Phi) is 4.62. The largest absolute Gasteiger partial charge is 0.444 e. The van der Waals surface area contributed by atoms with Crippen LogP contribution >= 0.6 is 0 Å². The molecule has 1 aromatic rings. The zero-order valence-electron chi connectivity index (χ0n) is 14.4. The molecule has 0 spiro atoms. The summed E-state index contributed by atoms with van der Waals surface area (Å²) in [6.45, 7) is 7.59. The number of hydrogen-bond donors (Lipinski definition) is 1. The topological polar surface area (TPSA) is 41.6 Å². The predicted molar refractivity (Wildman–Crippen MR) is 91.1 cm³/mol. The summed E-state index contributed by atoms with van der Waals surface area (Å²) in [5.41, 5.74) is 0.898. The van der Waals surface area contributed by atoms with E-state index in [1.54, 1.807) is 0 Å². The van der Waals surface area contributed by atoms with E-state index in [2.05, 4.69) is 40.5 Å². The highest BCUT2D eigenvalue weighted by Gasteiger charge is 2.41. The van der Waals surface area contributed by atoms with Crippen LogP contribution in [0, 0.1) is 5.92 Å². The number of piperidine rings is 1. The molecule has 1 N–H and O–H groups in total. The summed E-state index contributed by atoms with van der Waals surface area (Å²) in [6, 6.07) is 11.5. The number of likely N-dealkylation sites (tertiary alicyclic amines) is 1. The van der Waals surface area contributed by atoms with Gasteiger partial charge in [-0.25, -0.2) is 4.79 Å². The van der Waals surface area contributed by atoms with E-state index in [9.17, 15) is 4.79 Å². The molecule has 1 aliphatic carbocycles. The quantitative estimate of drug-likeness (QED) is 0.927. The molecule has 1 saturated heterocycles. The number of hydrogen-bond acceptors (Lipinski definition) is 3. The first kappa shape index (κ1) is 16.3. The number of rotatable bonds is 3. The summed E-state index contributed by atoms with van der Waals surface area (Å²) in [4.78, 5) is 14.6. The van der Waals surface area contributed by atoms with E-state index < -0.39 is 5.60 Å². The van der Waals surface area contributed by atoms with E-state index >= 15 is 0 Å². The fourth-order valence-corrected chi connectivity index (χ4v) is 3.87. The number of nitrogens with one attached hydrogen (secondary N) is 1. The Bertz CT molecular complexity index is 538. The molecule has 2 fully saturated rings. The van der Waals surface area contributed by atoms with Gasteiger partial charge < -0.3 is 10.1 Å². The Hall–Kier alpha value is -1.55.